The number of benzene rings is 3. The number of nitrogens with zero attached hydrogens (tertiary/aromatic N) is 2. The molecule has 34 heavy (non-hydrogen) atoms. The second-order valence-electron chi connectivity index (χ2n) is 7.48. The number of rotatable bonds is 8. The molecule has 0 unspecified atom stereocenters. The highest BCUT2D eigenvalue weighted by atomic mass is 32.2. The molecule has 3 aromatic carbocycles. The van der Waals surface area contributed by atoms with Crippen LogP contribution in [-0.2, 0) is 12.4 Å². The van der Waals surface area contributed by atoms with Gasteiger partial charge in [-0.25, -0.2) is 0 Å². The first kappa shape index (κ1) is 21.8. The number of anilines is 1. The molecule has 1 aromatic heterocycles. The van der Waals surface area contributed by atoms with E-state index < -0.39 is 0 Å². The van der Waals surface area contributed by atoms with Crippen LogP contribution in [0.25, 0.3) is 0 Å². The quantitative estimate of drug-likeness (QED) is 0.346. The molecule has 0 radical (unpaired) electrons. The third-order valence-electron chi connectivity index (χ3n) is 4.99. The number of hydrogen-bond donors (Lipinski definition) is 1. The molecule has 1 aliphatic heterocycles. The van der Waals surface area contributed by atoms with E-state index in [0.29, 0.717) is 52.6 Å². The maximum atomic E-state index is 13.0. The highest BCUT2D eigenvalue weighted by molar-refractivity contribution is 7.98. The molecule has 0 saturated heterocycles. The molecule has 8 nitrogen and oxygen atoms in total. The Labute approximate surface area is 200 Å². The van der Waals surface area contributed by atoms with Gasteiger partial charge >= 0.3 is 0 Å². The Morgan fingerprint density at radius 1 is 1.06 bits per heavy atom. The summed E-state index contributed by atoms with van der Waals surface area (Å²) in [6.45, 7) is 2.34. The second-order valence-corrected chi connectivity index (χ2v) is 8.50. The number of aromatic nitrogens is 2. The van der Waals surface area contributed by atoms with E-state index in [4.69, 9.17) is 18.7 Å². The molecule has 4 aromatic rings. The summed E-state index contributed by atoms with van der Waals surface area (Å²) in [5, 5.41) is 6.78. The summed E-state index contributed by atoms with van der Waals surface area (Å²) in [5.74, 6) is 3.46. The van der Waals surface area contributed by atoms with Crippen molar-refractivity contribution in [1.29, 1.82) is 0 Å². The Bertz CT molecular complexity index is 1320. The molecule has 172 valence electrons. The van der Waals surface area contributed by atoms with Crippen molar-refractivity contribution >= 4 is 23.4 Å². The number of amides is 1. The first-order valence-electron chi connectivity index (χ1n) is 10.6. The molecule has 9 heteroatoms. The Morgan fingerprint density at radius 2 is 1.94 bits per heavy atom. The first-order valence-corrected chi connectivity index (χ1v) is 11.6. The first-order chi connectivity index (χ1) is 16.6. The van der Waals surface area contributed by atoms with Crippen molar-refractivity contribution in [3.05, 3.63) is 89.6 Å². The standard InChI is InChI=1S/C25H21N3O5S/c1-16-26-24(33-28-16)14-34-23-8-3-2-7-20(23)25(29)27-18-6-4-5-17(11-18)13-30-19-9-10-21-22(12-19)32-15-31-21/h2-12H,13-15H2,1H3,(H,27,29). The summed E-state index contributed by atoms with van der Waals surface area (Å²) < 4.78 is 21.8. The Morgan fingerprint density at radius 3 is 2.82 bits per heavy atom. The van der Waals surface area contributed by atoms with Crippen molar-refractivity contribution in [3.8, 4) is 17.2 Å². The Hall–Kier alpha value is -3.98. The van der Waals surface area contributed by atoms with Gasteiger partial charge < -0.3 is 24.1 Å². The highest BCUT2D eigenvalue weighted by Gasteiger charge is 2.15. The fourth-order valence-corrected chi connectivity index (χ4v) is 4.28. The minimum Gasteiger partial charge on any atom is -0.489 e. The van der Waals surface area contributed by atoms with Crippen LogP contribution in [0.4, 0.5) is 5.69 Å². The number of fused-ring (bicyclic) bond motifs is 1. The summed E-state index contributed by atoms with van der Waals surface area (Å²) in [4.78, 5) is 18.1. The number of aryl methyl sites for hydroxylation is 1. The van der Waals surface area contributed by atoms with Crippen LogP contribution in [0.5, 0.6) is 17.2 Å². The summed E-state index contributed by atoms with van der Waals surface area (Å²) in [5.41, 5.74) is 2.18. The average Bonchev–Trinajstić information content (AvgIpc) is 3.50. The predicted molar refractivity (Wildman–Crippen MR) is 126 cm³/mol. The van der Waals surface area contributed by atoms with Gasteiger partial charge in [0.1, 0.15) is 12.4 Å². The molecule has 1 amide bonds. The molecule has 0 fully saturated rings. The van der Waals surface area contributed by atoms with Gasteiger partial charge in [-0.2, -0.15) is 4.98 Å². The van der Waals surface area contributed by atoms with Crippen molar-refractivity contribution in [2.45, 2.75) is 24.2 Å². The van der Waals surface area contributed by atoms with Crippen LogP contribution >= 0.6 is 11.8 Å². The van der Waals surface area contributed by atoms with Gasteiger partial charge in [-0.3, -0.25) is 4.79 Å². The molecular formula is C25H21N3O5S. The summed E-state index contributed by atoms with van der Waals surface area (Å²) in [7, 11) is 0. The van der Waals surface area contributed by atoms with E-state index in [9.17, 15) is 4.79 Å². The molecule has 0 spiro atoms. The molecule has 0 bridgehead atoms. The van der Waals surface area contributed by atoms with Gasteiger partial charge in [-0.15, -0.1) is 11.8 Å². The maximum Gasteiger partial charge on any atom is 0.256 e. The van der Waals surface area contributed by atoms with E-state index in [-0.39, 0.29) is 12.7 Å². The van der Waals surface area contributed by atoms with Crippen molar-refractivity contribution in [1.82, 2.24) is 10.1 Å². The third kappa shape index (κ3) is 5.15. The lowest BCUT2D eigenvalue weighted by molar-refractivity contribution is 0.102. The van der Waals surface area contributed by atoms with Crippen LogP contribution in [0.3, 0.4) is 0 Å². The van der Waals surface area contributed by atoms with Crippen molar-refractivity contribution in [3.63, 3.8) is 0 Å². The lowest BCUT2D eigenvalue weighted by atomic mass is 10.2. The Kier molecular flexibility index (Phi) is 6.35. The van der Waals surface area contributed by atoms with Gasteiger partial charge in [-0.05, 0) is 48.9 Å². The van der Waals surface area contributed by atoms with Crippen LogP contribution < -0.4 is 19.5 Å². The van der Waals surface area contributed by atoms with E-state index in [1.54, 1.807) is 19.1 Å². The third-order valence-corrected chi connectivity index (χ3v) is 6.05. The van der Waals surface area contributed by atoms with E-state index in [1.165, 1.54) is 11.8 Å². The minimum atomic E-state index is -0.196. The van der Waals surface area contributed by atoms with Gasteiger partial charge in [0.15, 0.2) is 17.3 Å². The normalized spacial score (nSPS) is 11.9. The number of ether oxygens (including phenoxy) is 3. The number of hydrogen-bond acceptors (Lipinski definition) is 8. The zero-order valence-electron chi connectivity index (χ0n) is 18.3. The van der Waals surface area contributed by atoms with Crippen molar-refractivity contribution in [2.75, 3.05) is 12.1 Å². The van der Waals surface area contributed by atoms with Crippen molar-refractivity contribution in [2.24, 2.45) is 0 Å². The number of thioether (sulfide) groups is 1. The molecule has 5 rings (SSSR count). The van der Waals surface area contributed by atoms with Crippen LogP contribution in [0.15, 0.2) is 76.1 Å². The molecule has 1 N–H and O–H groups in total. The zero-order valence-corrected chi connectivity index (χ0v) is 19.1. The molecule has 2 heterocycles. The van der Waals surface area contributed by atoms with Gasteiger partial charge in [0.25, 0.3) is 5.91 Å². The highest BCUT2D eigenvalue weighted by Crippen LogP contribution is 2.35. The number of carbonyl (C=O) groups is 1. The van der Waals surface area contributed by atoms with E-state index in [2.05, 4.69) is 15.5 Å². The lowest BCUT2D eigenvalue weighted by Gasteiger charge is -2.11. The molecule has 1 aliphatic rings. The SMILES string of the molecule is Cc1noc(CSc2ccccc2C(=O)Nc2cccc(COc3ccc4c(c3)OCO4)c2)n1. The summed E-state index contributed by atoms with van der Waals surface area (Å²) in [6, 6.07) is 20.5. The lowest BCUT2D eigenvalue weighted by Crippen LogP contribution is -2.13. The van der Waals surface area contributed by atoms with Crippen LogP contribution in [0, 0.1) is 6.92 Å². The van der Waals surface area contributed by atoms with Gasteiger partial charge in [0.2, 0.25) is 12.7 Å². The number of carbonyl (C=O) groups excluding carboxylic acids is 1. The predicted octanol–water partition coefficient (Wildman–Crippen LogP) is 5.23. The Balaban J connectivity index is 1.22. The molecule has 0 atom stereocenters. The maximum absolute atomic E-state index is 13.0. The van der Waals surface area contributed by atoms with Crippen molar-refractivity contribution < 1.29 is 23.5 Å². The largest absolute Gasteiger partial charge is 0.489 e. The van der Waals surface area contributed by atoms with Gasteiger partial charge in [-0.1, -0.05) is 29.4 Å². The number of nitrogens with one attached hydrogen (secondary N) is 1. The average molecular weight is 476 g/mol. The van der Waals surface area contributed by atoms with E-state index in [0.717, 1.165) is 10.5 Å². The monoisotopic (exact) mass is 475 g/mol. The fourth-order valence-electron chi connectivity index (χ4n) is 3.39. The smallest absolute Gasteiger partial charge is 0.256 e. The second kappa shape index (κ2) is 9.88. The zero-order chi connectivity index (χ0) is 23.3. The molecular weight excluding hydrogens is 454 g/mol. The van der Waals surface area contributed by atoms with Crippen LogP contribution in [-0.4, -0.2) is 22.8 Å². The van der Waals surface area contributed by atoms with Crippen LogP contribution in [0.2, 0.25) is 0 Å². The van der Waals surface area contributed by atoms with E-state index in [1.807, 2.05) is 54.6 Å². The fraction of sp³-hybridized carbons (Fsp3) is 0.160. The molecule has 0 saturated carbocycles. The van der Waals surface area contributed by atoms with Gasteiger partial charge in [0.05, 0.1) is 11.3 Å². The summed E-state index contributed by atoms with van der Waals surface area (Å²) in [6.07, 6.45) is 0. The van der Waals surface area contributed by atoms with E-state index >= 15 is 0 Å². The topological polar surface area (TPSA) is 95.7 Å². The van der Waals surface area contributed by atoms with Crippen LogP contribution in [0.1, 0.15) is 27.6 Å². The minimum absolute atomic E-state index is 0.196. The molecule has 0 aliphatic carbocycles. The summed E-state index contributed by atoms with van der Waals surface area (Å²) >= 11 is 1.47. The van der Waals surface area contributed by atoms with Gasteiger partial charge in [0, 0.05) is 16.6 Å².